The number of aromatic nitrogens is 2. The normalized spacial score (nSPS) is 10.7. The summed E-state index contributed by atoms with van der Waals surface area (Å²) in [6, 6.07) is 5.13. The number of thiophene rings is 1. The van der Waals surface area contributed by atoms with E-state index in [1.54, 1.807) is 39.2 Å². The highest BCUT2D eigenvalue weighted by Crippen LogP contribution is 2.32. The van der Waals surface area contributed by atoms with Crippen molar-refractivity contribution in [2.24, 2.45) is 0 Å². The fourth-order valence-electron chi connectivity index (χ4n) is 2.56. The second-order valence-electron chi connectivity index (χ2n) is 5.41. The number of nitrogens with zero attached hydrogens (tertiary/aromatic N) is 1. The number of ether oxygens (including phenoxy) is 2. The zero-order valence-electron chi connectivity index (χ0n) is 14.2. The van der Waals surface area contributed by atoms with E-state index < -0.39 is 0 Å². The Morgan fingerprint density at radius 2 is 2.00 bits per heavy atom. The molecule has 0 fully saturated rings. The molecule has 0 atom stereocenters. The zero-order valence-corrected chi connectivity index (χ0v) is 15.0. The van der Waals surface area contributed by atoms with Gasteiger partial charge in [0.05, 0.1) is 30.2 Å². The molecule has 3 rings (SSSR count). The van der Waals surface area contributed by atoms with E-state index in [-0.39, 0.29) is 11.5 Å². The van der Waals surface area contributed by atoms with Crippen molar-refractivity contribution in [3.8, 4) is 11.5 Å². The number of methoxy groups -OCH3 is 2. The van der Waals surface area contributed by atoms with Gasteiger partial charge in [-0.15, -0.1) is 11.3 Å². The molecule has 7 nitrogen and oxygen atoms in total. The number of hydrogen-bond donors (Lipinski definition) is 2. The molecule has 2 aromatic heterocycles. The summed E-state index contributed by atoms with van der Waals surface area (Å²) in [6.07, 6.45) is 0. The SMILES string of the molecule is COc1ccc(OC)c(NC(=O)c2sc3nc(C)[nH]c(=O)c3c2C)c1. The van der Waals surface area contributed by atoms with E-state index in [4.69, 9.17) is 9.47 Å². The topological polar surface area (TPSA) is 93.3 Å². The number of benzene rings is 1. The number of anilines is 1. The van der Waals surface area contributed by atoms with Crippen LogP contribution in [0.1, 0.15) is 21.1 Å². The van der Waals surface area contributed by atoms with E-state index in [9.17, 15) is 9.59 Å². The quantitative estimate of drug-likeness (QED) is 0.747. The molecule has 130 valence electrons. The first kappa shape index (κ1) is 17.0. The summed E-state index contributed by atoms with van der Waals surface area (Å²) >= 11 is 1.19. The summed E-state index contributed by atoms with van der Waals surface area (Å²) in [7, 11) is 3.07. The van der Waals surface area contributed by atoms with E-state index in [0.717, 1.165) is 0 Å². The number of rotatable bonds is 4. The highest BCUT2D eigenvalue weighted by molar-refractivity contribution is 7.20. The predicted octanol–water partition coefficient (Wildman–Crippen LogP) is 2.87. The smallest absolute Gasteiger partial charge is 0.266 e. The van der Waals surface area contributed by atoms with Gasteiger partial charge in [0.15, 0.2) is 0 Å². The maximum atomic E-state index is 12.7. The van der Waals surface area contributed by atoms with Crippen molar-refractivity contribution in [3.05, 3.63) is 44.8 Å². The fourth-order valence-corrected chi connectivity index (χ4v) is 3.68. The first-order chi connectivity index (χ1) is 11.9. The Morgan fingerprint density at radius 3 is 2.68 bits per heavy atom. The molecule has 1 aromatic carbocycles. The number of carbonyl (C=O) groups excluding carboxylic acids is 1. The van der Waals surface area contributed by atoms with Gasteiger partial charge in [0.25, 0.3) is 11.5 Å². The van der Waals surface area contributed by atoms with Crippen LogP contribution in [0.3, 0.4) is 0 Å². The Balaban J connectivity index is 2.02. The Labute approximate surface area is 147 Å². The van der Waals surface area contributed by atoms with Gasteiger partial charge in [0.2, 0.25) is 0 Å². The van der Waals surface area contributed by atoms with Gasteiger partial charge >= 0.3 is 0 Å². The van der Waals surface area contributed by atoms with Gasteiger partial charge in [-0.3, -0.25) is 9.59 Å². The number of carbonyl (C=O) groups is 1. The maximum Gasteiger partial charge on any atom is 0.266 e. The molecule has 2 heterocycles. The molecule has 0 aliphatic carbocycles. The number of aromatic amines is 1. The Bertz CT molecular complexity index is 1020. The summed E-state index contributed by atoms with van der Waals surface area (Å²) in [5.41, 5.74) is 0.851. The number of amides is 1. The Kier molecular flexibility index (Phi) is 4.45. The van der Waals surface area contributed by atoms with Crippen LogP contribution in [0.2, 0.25) is 0 Å². The molecule has 2 N–H and O–H groups in total. The standard InChI is InChI=1S/C17H17N3O4S/c1-8-13-15(21)18-9(2)19-17(13)25-14(8)16(22)20-11-7-10(23-3)5-6-12(11)24-4/h5-7H,1-4H3,(H,20,22)(H,18,19,21). The molecule has 0 aliphatic heterocycles. The van der Waals surface area contributed by atoms with Gasteiger partial charge in [-0.25, -0.2) is 4.98 Å². The van der Waals surface area contributed by atoms with Crippen molar-refractivity contribution in [3.63, 3.8) is 0 Å². The average molecular weight is 359 g/mol. The minimum atomic E-state index is -0.330. The van der Waals surface area contributed by atoms with Crippen molar-refractivity contribution >= 4 is 33.1 Å². The molecule has 0 aliphatic rings. The second kappa shape index (κ2) is 6.56. The number of fused-ring (bicyclic) bond motifs is 1. The van der Waals surface area contributed by atoms with Crippen LogP contribution in [0.15, 0.2) is 23.0 Å². The van der Waals surface area contributed by atoms with E-state index in [2.05, 4.69) is 15.3 Å². The lowest BCUT2D eigenvalue weighted by molar-refractivity contribution is 0.102. The van der Waals surface area contributed by atoms with E-state index in [0.29, 0.717) is 43.7 Å². The van der Waals surface area contributed by atoms with Crippen LogP contribution in [0, 0.1) is 13.8 Å². The summed E-state index contributed by atoms with van der Waals surface area (Å²) in [4.78, 5) is 32.8. The van der Waals surface area contributed by atoms with E-state index >= 15 is 0 Å². The molecule has 0 spiro atoms. The Morgan fingerprint density at radius 1 is 1.24 bits per heavy atom. The summed E-state index contributed by atoms with van der Waals surface area (Å²) in [5.74, 6) is 1.29. The molecule has 0 radical (unpaired) electrons. The lowest BCUT2D eigenvalue weighted by Gasteiger charge is -2.11. The minimum absolute atomic E-state index is 0.241. The number of nitrogens with one attached hydrogen (secondary N) is 2. The zero-order chi connectivity index (χ0) is 18.1. The van der Waals surface area contributed by atoms with Crippen molar-refractivity contribution in [2.75, 3.05) is 19.5 Å². The first-order valence-electron chi connectivity index (χ1n) is 7.48. The van der Waals surface area contributed by atoms with E-state index in [1.807, 2.05) is 0 Å². The first-order valence-corrected chi connectivity index (χ1v) is 8.29. The highest BCUT2D eigenvalue weighted by Gasteiger charge is 2.20. The lowest BCUT2D eigenvalue weighted by atomic mass is 10.2. The molecule has 25 heavy (non-hydrogen) atoms. The summed E-state index contributed by atoms with van der Waals surface area (Å²) in [6.45, 7) is 3.44. The third-order valence-electron chi connectivity index (χ3n) is 3.78. The predicted molar refractivity (Wildman–Crippen MR) is 97.2 cm³/mol. The van der Waals surface area contributed by atoms with Gasteiger partial charge < -0.3 is 19.8 Å². The highest BCUT2D eigenvalue weighted by atomic mass is 32.1. The molecule has 8 heteroatoms. The summed E-state index contributed by atoms with van der Waals surface area (Å²) < 4.78 is 10.5. The maximum absolute atomic E-state index is 12.7. The lowest BCUT2D eigenvalue weighted by Crippen LogP contribution is -2.13. The number of hydrogen-bond acceptors (Lipinski definition) is 6. The summed E-state index contributed by atoms with van der Waals surface area (Å²) in [5, 5.41) is 3.26. The number of aryl methyl sites for hydroxylation is 2. The molecular formula is C17H17N3O4S. The molecule has 0 saturated heterocycles. The molecule has 0 saturated carbocycles. The largest absolute Gasteiger partial charge is 0.497 e. The second-order valence-corrected chi connectivity index (χ2v) is 6.41. The van der Waals surface area contributed by atoms with Crippen LogP contribution in [0.25, 0.3) is 10.2 Å². The molecule has 3 aromatic rings. The van der Waals surface area contributed by atoms with Gasteiger partial charge in [-0.1, -0.05) is 0 Å². The van der Waals surface area contributed by atoms with Crippen molar-refractivity contribution in [1.29, 1.82) is 0 Å². The number of H-pyrrole nitrogens is 1. The average Bonchev–Trinajstić information content (AvgIpc) is 2.91. The van der Waals surface area contributed by atoms with Crippen LogP contribution >= 0.6 is 11.3 Å². The third-order valence-corrected chi connectivity index (χ3v) is 4.96. The van der Waals surface area contributed by atoms with Crippen LogP contribution in [-0.2, 0) is 0 Å². The third kappa shape index (κ3) is 3.08. The van der Waals surface area contributed by atoms with Gasteiger partial charge in [-0.05, 0) is 31.5 Å². The van der Waals surface area contributed by atoms with Crippen molar-refractivity contribution in [2.45, 2.75) is 13.8 Å². The fraction of sp³-hybridized carbons (Fsp3) is 0.235. The molecule has 0 bridgehead atoms. The van der Waals surface area contributed by atoms with Crippen LogP contribution in [0.4, 0.5) is 5.69 Å². The van der Waals surface area contributed by atoms with Crippen molar-refractivity contribution in [1.82, 2.24) is 9.97 Å². The Hall–Kier alpha value is -2.87. The molecular weight excluding hydrogens is 342 g/mol. The van der Waals surface area contributed by atoms with Gasteiger partial charge in [0.1, 0.15) is 22.2 Å². The monoisotopic (exact) mass is 359 g/mol. The van der Waals surface area contributed by atoms with Crippen LogP contribution in [-0.4, -0.2) is 30.1 Å². The van der Waals surface area contributed by atoms with Gasteiger partial charge in [-0.2, -0.15) is 0 Å². The van der Waals surface area contributed by atoms with Gasteiger partial charge in [0, 0.05) is 6.07 Å². The molecule has 1 amide bonds. The molecule has 0 unspecified atom stereocenters. The van der Waals surface area contributed by atoms with Crippen LogP contribution < -0.4 is 20.3 Å². The van der Waals surface area contributed by atoms with Crippen molar-refractivity contribution < 1.29 is 14.3 Å². The minimum Gasteiger partial charge on any atom is -0.497 e. The van der Waals surface area contributed by atoms with Crippen LogP contribution in [0.5, 0.6) is 11.5 Å². The van der Waals surface area contributed by atoms with E-state index in [1.165, 1.54) is 18.4 Å².